The predicted octanol–water partition coefficient (Wildman–Crippen LogP) is 3.15. The number of aliphatic hydroxyl groups excluding tert-OH is 1. The Labute approximate surface area is 160 Å². The normalized spacial score (nSPS) is 12.7. The van der Waals surface area contributed by atoms with Crippen LogP contribution in [0.15, 0.2) is 59.6 Å². The van der Waals surface area contributed by atoms with Gasteiger partial charge in [0, 0.05) is 23.7 Å². The average Bonchev–Trinajstić information content (AvgIpc) is 2.66. The highest BCUT2D eigenvalue weighted by molar-refractivity contribution is 6.31. The van der Waals surface area contributed by atoms with E-state index in [4.69, 9.17) is 16.3 Å². The minimum absolute atomic E-state index is 0.226. The van der Waals surface area contributed by atoms with Crippen LogP contribution in [0.4, 0.5) is 0 Å². The minimum atomic E-state index is -0.742. The summed E-state index contributed by atoms with van der Waals surface area (Å²) in [6, 6.07) is 17.3. The Hall–Kier alpha value is -2.08. The minimum Gasteiger partial charge on any atom is -0.386 e. The van der Waals surface area contributed by atoms with Gasteiger partial charge in [-0.15, -0.1) is 0 Å². The molecule has 0 aliphatic rings. The smallest absolute Gasteiger partial charge is 0.191 e. The fourth-order valence-electron chi connectivity index (χ4n) is 2.37. The van der Waals surface area contributed by atoms with E-state index in [-0.39, 0.29) is 6.54 Å². The van der Waals surface area contributed by atoms with Gasteiger partial charge in [-0.1, -0.05) is 60.1 Å². The molecule has 6 heteroatoms. The van der Waals surface area contributed by atoms with Crippen molar-refractivity contribution < 1.29 is 9.84 Å². The molecular weight excluding hydrogens is 350 g/mol. The van der Waals surface area contributed by atoms with Gasteiger partial charge in [0.2, 0.25) is 0 Å². The molecule has 0 saturated carbocycles. The first-order chi connectivity index (χ1) is 12.7. The molecule has 26 heavy (non-hydrogen) atoms. The number of nitrogens with one attached hydrogen (secondary N) is 2. The van der Waals surface area contributed by atoms with Gasteiger partial charge >= 0.3 is 0 Å². The van der Waals surface area contributed by atoms with Crippen LogP contribution in [0.1, 0.15) is 24.2 Å². The summed E-state index contributed by atoms with van der Waals surface area (Å²) < 4.78 is 5.65. The molecule has 0 radical (unpaired) electrons. The fourth-order valence-corrected chi connectivity index (χ4v) is 2.63. The topological polar surface area (TPSA) is 65.9 Å². The van der Waals surface area contributed by atoms with E-state index in [1.54, 1.807) is 12.1 Å². The molecule has 2 aromatic carbocycles. The Bertz CT molecular complexity index is 680. The van der Waals surface area contributed by atoms with Crippen LogP contribution < -0.4 is 10.6 Å². The SMILES string of the molecule is CCNC(=NCC(O)c1ccccc1Cl)NCCOCc1ccccc1. The van der Waals surface area contributed by atoms with Gasteiger partial charge in [0.15, 0.2) is 5.96 Å². The van der Waals surface area contributed by atoms with Gasteiger partial charge in [-0.05, 0) is 18.6 Å². The third-order valence-corrected chi connectivity index (χ3v) is 4.03. The first kappa shape index (κ1) is 20.2. The molecule has 140 valence electrons. The summed E-state index contributed by atoms with van der Waals surface area (Å²) >= 11 is 6.11. The second-order valence-electron chi connectivity index (χ2n) is 5.72. The van der Waals surface area contributed by atoms with E-state index in [1.165, 1.54) is 0 Å². The van der Waals surface area contributed by atoms with Gasteiger partial charge < -0.3 is 20.5 Å². The number of benzene rings is 2. The zero-order valence-electron chi connectivity index (χ0n) is 15.0. The third kappa shape index (κ3) is 7.04. The van der Waals surface area contributed by atoms with E-state index in [9.17, 15) is 5.11 Å². The van der Waals surface area contributed by atoms with Crippen molar-refractivity contribution in [1.82, 2.24) is 10.6 Å². The van der Waals surface area contributed by atoms with Crippen molar-refractivity contribution in [3.8, 4) is 0 Å². The van der Waals surface area contributed by atoms with E-state index < -0.39 is 6.10 Å². The predicted molar refractivity (Wildman–Crippen MR) is 106 cm³/mol. The quantitative estimate of drug-likeness (QED) is 0.358. The second kappa shape index (κ2) is 11.5. The van der Waals surface area contributed by atoms with Gasteiger partial charge in [-0.2, -0.15) is 0 Å². The molecule has 5 nitrogen and oxygen atoms in total. The van der Waals surface area contributed by atoms with Crippen molar-refractivity contribution in [2.45, 2.75) is 19.6 Å². The molecule has 0 aliphatic carbocycles. The fraction of sp³-hybridized carbons (Fsp3) is 0.350. The standard InChI is InChI=1S/C20H26ClN3O2/c1-2-22-20(23-12-13-26-15-16-8-4-3-5-9-16)24-14-19(25)17-10-6-7-11-18(17)21/h3-11,19,25H,2,12-15H2,1H3,(H2,22,23,24). The number of aliphatic hydroxyl groups is 1. The molecule has 0 fully saturated rings. The maximum atomic E-state index is 10.3. The Kier molecular flexibility index (Phi) is 8.96. The molecule has 1 atom stereocenters. The van der Waals surface area contributed by atoms with Crippen LogP contribution in [-0.4, -0.2) is 37.3 Å². The van der Waals surface area contributed by atoms with Gasteiger partial charge in [0.05, 0.1) is 19.8 Å². The average molecular weight is 376 g/mol. The zero-order valence-corrected chi connectivity index (χ0v) is 15.7. The van der Waals surface area contributed by atoms with Crippen molar-refractivity contribution >= 4 is 17.6 Å². The van der Waals surface area contributed by atoms with Crippen LogP contribution in [0, 0.1) is 0 Å². The van der Waals surface area contributed by atoms with Crippen LogP contribution in [0.3, 0.4) is 0 Å². The number of ether oxygens (including phenoxy) is 1. The molecule has 0 saturated heterocycles. The van der Waals surface area contributed by atoms with Crippen molar-refractivity contribution in [3.05, 3.63) is 70.7 Å². The molecule has 0 aliphatic heterocycles. The van der Waals surface area contributed by atoms with Crippen molar-refractivity contribution in [1.29, 1.82) is 0 Å². The lowest BCUT2D eigenvalue weighted by molar-refractivity contribution is 0.125. The monoisotopic (exact) mass is 375 g/mol. The van der Waals surface area contributed by atoms with Gasteiger partial charge in [0.1, 0.15) is 6.10 Å². The van der Waals surface area contributed by atoms with Crippen molar-refractivity contribution in [3.63, 3.8) is 0 Å². The lowest BCUT2D eigenvalue weighted by Gasteiger charge is -2.14. The number of hydrogen-bond donors (Lipinski definition) is 3. The van der Waals surface area contributed by atoms with E-state index in [0.717, 1.165) is 12.1 Å². The highest BCUT2D eigenvalue weighted by Gasteiger charge is 2.10. The lowest BCUT2D eigenvalue weighted by Crippen LogP contribution is -2.39. The van der Waals surface area contributed by atoms with Gasteiger partial charge in [-0.25, -0.2) is 0 Å². The maximum Gasteiger partial charge on any atom is 0.191 e. The van der Waals surface area contributed by atoms with Crippen LogP contribution in [0.2, 0.25) is 5.02 Å². The molecule has 1 unspecified atom stereocenters. The van der Waals surface area contributed by atoms with Crippen LogP contribution in [-0.2, 0) is 11.3 Å². The molecule has 0 spiro atoms. The molecule has 3 N–H and O–H groups in total. The molecule has 0 aromatic heterocycles. The second-order valence-corrected chi connectivity index (χ2v) is 6.13. The van der Waals surface area contributed by atoms with Gasteiger partial charge in [-0.3, -0.25) is 4.99 Å². The van der Waals surface area contributed by atoms with Crippen molar-refractivity contribution in [2.24, 2.45) is 4.99 Å². The Morgan fingerprint density at radius 2 is 1.85 bits per heavy atom. The third-order valence-electron chi connectivity index (χ3n) is 3.68. The summed E-state index contributed by atoms with van der Waals surface area (Å²) in [5.74, 6) is 0.641. The summed E-state index contributed by atoms with van der Waals surface area (Å²) in [5, 5.41) is 17.2. The summed E-state index contributed by atoms with van der Waals surface area (Å²) in [6.45, 7) is 4.73. The van der Waals surface area contributed by atoms with Crippen LogP contribution in [0.25, 0.3) is 0 Å². The highest BCUT2D eigenvalue weighted by atomic mass is 35.5. The Morgan fingerprint density at radius 1 is 1.12 bits per heavy atom. The maximum absolute atomic E-state index is 10.3. The number of aliphatic imine (C=N–C) groups is 1. The Morgan fingerprint density at radius 3 is 2.58 bits per heavy atom. The molecule has 0 bridgehead atoms. The van der Waals surface area contributed by atoms with Crippen molar-refractivity contribution in [2.75, 3.05) is 26.2 Å². The molecular formula is C20H26ClN3O2. The van der Waals surface area contributed by atoms with Crippen LogP contribution >= 0.6 is 11.6 Å². The first-order valence-electron chi connectivity index (χ1n) is 8.77. The van der Waals surface area contributed by atoms with E-state index in [2.05, 4.69) is 15.6 Å². The summed E-state index contributed by atoms with van der Waals surface area (Å²) in [5.41, 5.74) is 1.83. The number of guanidine groups is 1. The largest absolute Gasteiger partial charge is 0.386 e. The molecule has 0 amide bonds. The van der Waals surface area contributed by atoms with E-state index >= 15 is 0 Å². The Balaban J connectivity index is 1.76. The summed E-state index contributed by atoms with van der Waals surface area (Å²) in [6.07, 6.45) is -0.742. The molecule has 0 heterocycles. The van der Waals surface area contributed by atoms with E-state index in [0.29, 0.717) is 36.3 Å². The van der Waals surface area contributed by atoms with Gasteiger partial charge in [0.25, 0.3) is 0 Å². The number of halogens is 1. The number of nitrogens with zero attached hydrogens (tertiary/aromatic N) is 1. The summed E-state index contributed by atoms with van der Waals surface area (Å²) in [4.78, 5) is 4.42. The highest BCUT2D eigenvalue weighted by Crippen LogP contribution is 2.22. The zero-order chi connectivity index (χ0) is 18.6. The number of rotatable bonds is 9. The number of hydrogen-bond acceptors (Lipinski definition) is 3. The van der Waals surface area contributed by atoms with E-state index in [1.807, 2.05) is 49.4 Å². The molecule has 2 rings (SSSR count). The first-order valence-corrected chi connectivity index (χ1v) is 9.15. The van der Waals surface area contributed by atoms with Crippen LogP contribution in [0.5, 0.6) is 0 Å². The summed E-state index contributed by atoms with van der Waals surface area (Å²) in [7, 11) is 0. The lowest BCUT2D eigenvalue weighted by atomic mass is 10.1. The molecule has 2 aromatic rings.